The fourth-order valence-electron chi connectivity index (χ4n) is 4.76. The van der Waals surface area contributed by atoms with E-state index in [1.165, 1.54) is 16.7 Å². The van der Waals surface area contributed by atoms with Crippen LogP contribution in [-0.4, -0.2) is 86.6 Å². The number of carboxylic acids is 1. The number of carbonyl (C=O) groups excluding carboxylic acids is 2. The molecule has 4 heterocycles. The summed E-state index contributed by atoms with van der Waals surface area (Å²) in [5.41, 5.74) is 5.68. The molecule has 2 atom stereocenters. The van der Waals surface area contributed by atoms with Crippen LogP contribution < -0.4 is 15.6 Å². The maximum atomic E-state index is 13.2. The lowest BCUT2D eigenvalue weighted by molar-refractivity contribution is -0.687. The zero-order valence-electron chi connectivity index (χ0n) is 23.6. The number of nitrogens with one attached hydrogen (secondary N) is 1. The number of carboxylic acid groups (broad SMARTS) is 1. The van der Waals surface area contributed by atoms with Gasteiger partial charge >= 0.3 is 5.97 Å². The Hall–Kier alpha value is -4.04. The number of thiazole rings is 1. The van der Waals surface area contributed by atoms with Gasteiger partial charge < -0.3 is 30.3 Å². The number of nitrogens with two attached hydrogens (primary N) is 1. The first-order valence-corrected chi connectivity index (χ1v) is 16.7. The van der Waals surface area contributed by atoms with E-state index in [1.807, 2.05) is 29.1 Å². The molecule has 1 aliphatic carbocycles. The highest BCUT2D eigenvalue weighted by atomic mass is 32.3. The normalized spacial score (nSPS) is 19.9. The van der Waals surface area contributed by atoms with E-state index in [9.17, 15) is 19.5 Å². The molecule has 16 nitrogen and oxygen atoms in total. The van der Waals surface area contributed by atoms with Crippen molar-refractivity contribution in [2.24, 2.45) is 5.16 Å². The number of nitrogen functional groups attached to an aromatic ring is 1. The smallest absolute Gasteiger partial charge is 0.356 e. The van der Waals surface area contributed by atoms with Crippen molar-refractivity contribution in [2.45, 2.75) is 55.3 Å². The Balaban J connectivity index is 0.000000854. The highest BCUT2D eigenvalue weighted by Gasteiger charge is 2.55. The van der Waals surface area contributed by atoms with Crippen LogP contribution in [0.15, 0.2) is 64.1 Å². The summed E-state index contributed by atoms with van der Waals surface area (Å²) in [6.45, 7) is 4.43. The first-order chi connectivity index (χ1) is 21.4. The number of pyridine rings is 1. The molecule has 0 aromatic carbocycles. The molecular formula is C26H30N6O10S3. The average Bonchev–Trinajstić information content (AvgIpc) is 3.66. The number of rotatable bonds is 11. The molecule has 2 aliphatic heterocycles. The van der Waals surface area contributed by atoms with Crippen molar-refractivity contribution in [3.63, 3.8) is 0 Å². The number of aliphatic carboxylic acids is 1. The molecule has 242 valence electrons. The number of aromatic nitrogens is 2. The molecule has 19 heteroatoms. The molecule has 0 bridgehead atoms. The first kappa shape index (κ1) is 33.8. The van der Waals surface area contributed by atoms with Gasteiger partial charge in [-0.15, -0.1) is 23.1 Å². The quantitative estimate of drug-likeness (QED) is 0.0373. The third-order valence-electron chi connectivity index (χ3n) is 6.79. The number of allylic oxidation sites excluding steroid dienone is 1. The molecular weight excluding hydrogens is 653 g/mol. The molecule has 0 unspecified atom stereocenters. The van der Waals surface area contributed by atoms with E-state index >= 15 is 0 Å². The van der Waals surface area contributed by atoms with Crippen molar-refractivity contribution in [2.75, 3.05) is 18.1 Å². The van der Waals surface area contributed by atoms with Gasteiger partial charge in [0.1, 0.15) is 36.2 Å². The molecule has 0 spiro atoms. The van der Waals surface area contributed by atoms with Gasteiger partial charge in [0.05, 0.1) is 5.75 Å². The Bertz CT molecular complexity index is 1590. The minimum atomic E-state index is -4.92. The van der Waals surface area contributed by atoms with Crippen molar-refractivity contribution in [1.29, 1.82) is 0 Å². The molecule has 5 rings (SSSR count). The minimum absolute atomic E-state index is 0.0339. The summed E-state index contributed by atoms with van der Waals surface area (Å²) in [5, 5.41) is 18.5. The number of carbonyl (C=O) groups is 3. The van der Waals surface area contributed by atoms with Gasteiger partial charge in [-0.25, -0.2) is 22.8 Å². The Kier molecular flexibility index (Phi) is 11.2. The summed E-state index contributed by atoms with van der Waals surface area (Å²) in [5.74, 6) is -2.07. The van der Waals surface area contributed by atoms with Crippen LogP contribution in [-0.2, 0) is 40.9 Å². The van der Waals surface area contributed by atoms with E-state index in [4.69, 9.17) is 32.8 Å². The molecule has 0 radical (unpaired) electrons. The number of hydrogen-bond donors (Lipinski definition) is 4. The second kappa shape index (κ2) is 14.8. The van der Waals surface area contributed by atoms with Gasteiger partial charge in [-0.3, -0.25) is 19.0 Å². The van der Waals surface area contributed by atoms with Crippen LogP contribution in [0.25, 0.3) is 0 Å². The maximum absolute atomic E-state index is 13.2. The van der Waals surface area contributed by atoms with Gasteiger partial charge in [0.25, 0.3) is 11.8 Å². The van der Waals surface area contributed by atoms with Crippen molar-refractivity contribution in [3.8, 4) is 0 Å². The fourth-order valence-corrected chi connectivity index (χ4v) is 6.14. The number of fused-ring (bicyclic) bond motifs is 1. The molecule has 5 N–H and O–H groups in total. The lowest BCUT2D eigenvalue weighted by Crippen LogP contribution is -2.73. The summed E-state index contributed by atoms with van der Waals surface area (Å²) in [6, 6.07) is 2.15. The van der Waals surface area contributed by atoms with E-state index in [2.05, 4.69) is 22.0 Å². The summed E-state index contributed by atoms with van der Waals surface area (Å²) < 4.78 is 40.6. The van der Waals surface area contributed by atoms with E-state index < -0.39 is 40.3 Å². The van der Waals surface area contributed by atoms with E-state index in [1.54, 1.807) is 11.5 Å². The molecule has 1 saturated carbocycles. The van der Waals surface area contributed by atoms with Crippen molar-refractivity contribution in [1.82, 2.24) is 15.2 Å². The number of amides is 2. The number of anilines is 1. The van der Waals surface area contributed by atoms with Crippen LogP contribution >= 0.6 is 23.1 Å². The number of β-lactam (4-membered cyclic amide) rings is 1. The predicted molar refractivity (Wildman–Crippen MR) is 159 cm³/mol. The van der Waals surface area contributed by atoms with Gasteiger partial charge in [-0.05, 0) is 31.8 Å². The highest BCUT2D eigenvalue weighted by Crippen LogP contribution is 2.35. The van der Waals surface area contributed by atoms with Gasteiger partial charge in [-0.1, -0.05) is 11.7 Å². The van der Waals surface area contributed by atoms with Gasteiger partial charge in [0.15, 0.2) is 35.5 Å². The average molecular weight is 683 g/mol. The van der Waals surface area contributed by atoms with E-state index in [-0.39, 0.29) is 46.5 Å². The number of oxime groups is 1. The first-order valence-electron chi connectivity index (χ1n) is 13.4. The topological polar surface area (TPSA) is 238 Å². The Morgan fingerprint density at radius 3 is 2.60 bits per heavy atom. The van der Waals surface area contributed by atoms with Gasteiger partial charge in [-0.2, -0.15) is 0 Å². The number of nitrogens with zero attached hydrogens (tertiary/aromatic N) is 4. The Morgan fingerprint density at radius 2 is 2.02 bits per heavy atom. The van der Waals surface area contributed by atoms with Crippen LogP contribution in [0.1, 0.15) is 31.4 Å². The third kappa shape index (κ3) is 9.01. The Labute approximate surface area is 266 Å². The molecule has 1 saturated heterocycles. The predicted octanol–water partition coefficient (Wildman–Crippen LogP) is 0.681. The molecule has 2 amide bonds. The summed E-state index contributed by atoms with van der Waals surface area (Å²) in [4.78, 5) is 50.4. The van der Waals surface area contributed by atoms with E-state index in [0.29, 0.717) is 6.54 Å². The maximum Gasteiger partial charge on any atom is 0.356 e. The number of ether oxygens (including phenoxy) is 1. The largest absolute Gasteiger partial charge is 0.726 e. The molecule has 3 aliphatic rings. The third-order valence-corrected chi connectivity index (χ3v) is 8.47. The highest BCUT2D eigenvalue weighted by molar-refractivity contribution is 7.99. The number of thioether (sulfide) groups is 1. The zero-order chi connectivity index (χ0) is 32.7. The standard InChI is InChI=1S/C26H28N6O6S2.H2O4S/c1-2-9-31-10-7-16(8-11-31)39-14-19-22(25(35)36)32-18(12-37-19)21(24(32)34)29-23(33)20(17-13-40-26(27)28-17)30-38-15-5-3-4-6-15;1-5(2,3)4/h2,7-8,10-11,13,15,18,21H,1,3-6,9,12,14H2,(H3-,27,28,29,33,35,36);(H2,1,2,3,4)/b30-20-;/t18-,21+;/m1./s1. The zero-order valence-corrected chi connectivity index (χ0v) is 26.1. The Morgan fingerprint density at radius 1 is 1.36 bits per heavy atom. The minimum Gasteiger partial charge on any atom is -0.726 e. The lowest BCUT2D eigenvalue weighted by Gasteiger charge is -2.49. The van der Waals surface area contributed by atoms with Crippen molar-refractivity contribution >= 4 is 62.1 Å². The SMILES string of the molecule is C=CC[n+]1ccc(SCC2=C(C(=O)O)N3C(=O)[C@@H](NC(=O)/C(=N\OC4CCCC4)c4csc(N)n4)[C@H]3CO2)cc1.O=S(=O)([O-])O. The molecule has 45 heavy (non-hydrogen) atoms. The monoisotopic (exact) mass is 682 g/mol. The van der Waals surface area contributed by atoms with Crippen LogP contribution in [0.2, 0.25) is 0 Å². The molecule has 2 aromatic heterocycles. The van der Waals surface area contributed by atoms with Gasteiger partial charge in [0, 0.05) is 22.4 Å². The summed E-state index contributed by atoms with van der Waals surface area (Å²) in [6.07, 6.45) is 9.24. The van der Waals surface area contributed by atoms with Crippen LogP contribution in [0.5, 0.6) is 0 Å². The molecule has 2 fully saturated rings. The van der Waals surface area contributed by atoms with E-state index in [0.717, 1.165) is 41.9 Å². The van der Waals surface area contributed by atoms with Crippen molar-refractivity contribution in [3.05, 3.63) is 59.7 Å². The lowest BCUT2D eigenvalue weighted by atomic mass is 9.92. The number of hydrogen-bond acceptors (Lipinski definition) is 13. The fraction of sp³-hybridized carbons (Fsp3) is 0.385. The van der Waals surface area contributed by atoms with Gasteiger partial charge in [0.2, 0.25) is 10.4 Å². The van der Waals surface area contributed by atoms with Crippen molar-refractivity contribution < 1.29 is 51.2 Å². The van der Waals surface area contributed by atoms with Crippen LogP contribution in [0, 0.1) is 0 Å². The second-order valence-electron chi connectivity index (χ2n) is 9.87. The summed E-state index contributed by atoms with van der Waals surface area (Å²) >= 11 is 2.55. The summed E-state index contributed by atoms with van der Waals surface area (Å²) in [7, 11) is -4.92. The molecule has 2 aromatic rings. The van der Waals surface area contributed by atoms with Crippen LogP contribution in [0.3, 0.4) is 0 Å². The van der Waals surface area contributed by atoms with Crippen LogP contribution in [0.4, 0.5) is 5.13 Å². The second-order valence-corrected chi connectivity index (χ2v) is 12.7.